The normalized spacial score (nSPS) is 12.2. The molecule has 0 atom stereocenters. The van der Waals surface area contributed by atoms with E-state index < -0.39 is 18.2 Å². The molecule has 33 heavy (non-hydrogen) atoms. The van der Waals surface area contributed by atoms with Gasteiger partial charge in [-0.05, 0) is 45.9 Å². The zero-order valence-corrected chi connectivity index (χ0v) is 19.4. The Morgan fingerprint density at radius 1 is 1.15 bits per heavy atom. The first-order valence-electron chi connectivity index (χ1n) is 10.0. The Balaban J connectivity index is 1.71. The number of rotatable bonds is 8. The maximum absolute atomic E-state index is 12.5. The van der Waals surface area contributed by atoms with Crippen LogP contribution in [-0.4, -0.2) is 33.3 Å². The molecule has 178 valence electrons. The number of halogens is 3. The second-order valence-electron chi connectivity index (χ2n) is 8.25. The number of ether oxygens (including phenoxy) is 2. The lowest BCUT2D eigenvalue weighted by molar-refractivity contribution is -0.157. The molecule has 2 aromatic heterocycles. The predicted octanol–water partition coefficient (Wildman–Crippen LogP) is 5.45. The first kappa shape index (κ1) is 24.8. The molecule has 2 heterocycles. The molecule has 0 saturated carbocycles. The minimum atomic E-state index is -4.43. The minimum absolute atomic E-state index is 0.00466. The third-order valence-electron chi connectivity index (χ3n) is 4.54. The summed E-state index contributed by atoms with van der Waals surface area (Å²) >= 11 is 0.959. The third-order valence-corrected chi connectivity index (χ3v) is 5.23. The SMILES string of the molecule is Cc1c(OCC(F)(F)F)ccnc1COSc1nc2ccccc2n1COC(=O)C(C)(C)C. The number of fused-ring (bicyclic) bond motifs is 1. The number of pyridine rings is 1. The molecule has 0 aliphatic rings. The van der Waals surface area contributed by atoms with Crippen LogP contribution in [0.3, 0.4) is 0 Å². The highest BCUT2D eigenvalue weighted by molar-refractivity contribution is 7.94. The maximum Gasteiger partial charge on any atom is 0.422 e. The van der Waals surface area contributed by atoms with Crippen molar-refractivity contribution < 1.29 is 31.6 Å². The number of alkyl halides is 3. The summed E-state index contributed by atoms with van der Waals surface area (Å²) in [5.74, 6) is -0.264. The Labute approximate surface area is 193 Å². The van der Waals surface area contributed by atoms with Crippen LogP contribution in [-0.2, 0) is 27.1 Å². The van der Waals surface area contributed by atoms with Crippen molar-refractivity contribution in [2.45, 2.75) is 52.4 Å². The van der Waals surface area contributed by atoms with Crippen molar-refractivity contribution in [3.8, 4) is 5.75 Å². The van der Waals surface area contributed by atoms with Crippen molar-refractivity contribution in [1.29, 1.82) is 0 Å². The van der Waals surface area contributed by atoms with Crippen LogP contribution in [0.5, 0.6) is 5.75 Å². The Bertz CT molecular complexity index is 1130. The van der Waals surface area contributed by atoms with E-state index >= 15 is 0 Å². The van der Waals surface area contributed by atoms with Gasteiger partial charge in [-0.1, -0.05) is 12.1 Å². The summed E-state index contributed by atoms with van der Waals surface area (Å²) < 4.78 is 55.1. The summed E-state index contributed by atoms with van der Waals surface area (Å²) in [7, 11) is 0. The van der Waals surface area contributed by atoms with E-state index in [2.05, 4.69) is 9.97 Å². The van der Waals surface area contributed by atoms with Gasteiger partial charge in [0.15, 0.2) is 18.5 Å². The van der Waals surface area contributed by atoms with Gasteiger partial charge >= 0.3 is 12.1 Å². The second-order valence-corrected chi connectivity index (χ2v) is 9.02. The first-order chi connectivity index (χ1) is 15.5. The Hall–Kier alpha value is -2.79. The van der Waals surface area contributed by atoms with E-state index in [-0.39, 0.29) is 25.1 Å². The van der Waals surface area contributed by atoms with E-state index in [1.54, 1.807) is 32.3 Å². The molecule has 0 unspecified atom stereocenters. The molecule has 0 fully saturated rings. The number of imidazole rings is 1. The Kier molecular flexibility index (Phi) is 7.53. The van der Waals surface area contributed by atoms with Gasteiger partial charge in [-0.15, -0.1) is 0 Å². The molecule has 0 N–H and O–H groups in total. The van der Waals surface area contributed by atoms with Crippen LogP contribution in [0, 0.1) is 12.3 Å². The Morgan fingerprint density at radius 2 is 1.88 bits per heavy atom. The van der Waals surface area contributed by atoms with Crippen molar-refractivity contribution in [2.75, 3.05) is 6.61 Å². The smallest absolute Gasteiger partial charge is 0.422 e. The summed E-state index contributed by atoms with van der Waals surface area (Å²) in [5, 5.41) is 0.458. The van der Waals surface area contributed by atoms with Gasteiger partial charge < -0.3 is 13.7 Å². The van der Waals surface area contributed by atoms with Gasteiger partial charge in [-0.2, -0.15) is 13.2 Å². The molecule has 11 heteroatoms. The number of carbonyl (C=O) groups is 1. The highest BCUT2D eigenvalue weighted by atomic mass is 32.2. The molecule has 0 amide bonds. The van der Waals surface area contributed by atoms with Crippen LogP contribution in [0.4, 0.5) is 13.2 Å². The van der Waals surface area contributed by atoms with Crippen LogP contribution in [0.15, 0.2) is 41.7 Å². The van der Waals surface area contributed by atoms with Crippen LogP contribution >= 0.6 is 12.0 Å². The van der Waals surface area contributed by atoms with Gasteiger partial charge in [-0.3, -0.25) is 14.3 Å². The van der Waals surface area contributed by atoms with Gasteiger partial charge in [0, 0.05) is 11.8 Å². The van der Waals surface area contributed by atoms with E-state index in [0.717, 1.165) is 17.6 Å². The van der Waals surface area contributed by atoms with Crippen LogP contribution < -0.4 is 4.74 Å². The molecule has 3 rings (SSSR count). The summed E-state index contributed by atoms with van der Waals surface area (Å²) in [4.78, 5) is 20.9. The highest BCUT2D eigenvalue weighted by Crippen LogP contribution is 2.28. The standard InChI is InChI=1S/C22H24F3N3O4S/c1-14-16(26-10-9-18(14)30-12-22(23,24)25)11-32-33-20-27-15-7-5-6-8-17(15)28(20)13-31-19(29)21(2,3)4/h5-10H,11-13H2,1-4H3. The number of benzene rings is 1. The van der Waals surface area contributed by atoms with Crippen LogP contribution in [0.2, 0.25) is 0 Å². The Morgan fingerprint density at radius 3 is 2.58 bits per heavy atom. The molecular weight excluding hydrogens is 459 g/mol. The zero-order chi connectivity index (χ0) is 24.2. The number of aromatic nitrogens is 3. The average Bonchev–Trinajstić information content (AvgIpc) is 3.08. The fourth-order valence-electron chi connectivity index (χ4n) is 2.74. The van der Waals surface area contributed by atoms with Crippen molar-refractivity contribution in [2.24, 2.45) is 5.41 Å². The molecule has 0 radical (unpaired) electrons. The highest BCUT2D eigenvalue weighted by Gasteiger charge is 2.29. The molecular formula is C22H24F3N3O4S. The molecule has 0 aliphatic carbocycles. The number of carbonyl (C=O) groups excluding carboxylic acids is 1. The average molecular weight is 484 g/mol. The third kappa shape index (κ3) is 6.61. The lowest BCUT2D eigenvalue weighted by atomic mass is 9.98. The van der Waals surface area contributed by atoms with Crippen molar-refractivity contribution >= 4 is 29.0 Å². The van der Waals surface area contributed by atoms with E-state index in [1.807, 2.05) is 24.3 Å². The predicted molar refractivity (Wildman–Crippen MR) is 116 cm³/mol. The minimum Gasteiger partial charge on any atom is -0.484 e. The van der Waals surface area contributed by atoms with Gasteiger partial charge in [-0.25, -0.2) is 4.98 Å². The van der Waals surface area contributed by atoms with Gasteiger partial charge in [0.1, 0.15) is 12.4 Å². The number of nitrogens with zero attached hydrogens (tertiary/aromatic N) is 3. The van der Waals surface area contributed by atoms with Gasteiger partial charge in [0.25, 0.3) is 0 Å². The number of para-hydroxylation sites is 2. The largest absolute Gasteiger partial charge is 0.484 e. The van der Waals surface area contributed by atoms with Crippen molar-refractivity contribution in [3.63, 3.8) is 0 Å². The van der Waals surface area contributed by atoms with E-state index in [4.69, 9.17) is 13.7 Å². The second kappa shape index (κ2) is 10.0. The topological polar surface area (TPSA) is 75.5 Å². The molecule has 0 spiro atoms. The van der Waals surface area contributed by atoms with Gasteiger partial charge in [0.2, 0.25) is 0 Å². The molecule has 0 bridgehead atoms. The summed E-state index contributed by atoms with van der Waals surface area (Å²) in [6, 6.07) is 8.75. The van der Waals surface area contributed by atoms with E-state index in [9.17, 15) is 18.0 Å². The summed E-state index contributed by atoms with van der Waals surface area (Å²) in [6.07, 6.45) is -3.07. The summed E-state index contributed by atoms with van der Waals surface area (Å²) in [6.45, 7) is 5.49. The fourth-order valence-corrected chi connectivity index (χ4v) is 3.39. The molecule has 1 aromatic carbocycles. The lowest BCUT2D eigenvalue weighted by Gasteiger charge is -2.17. The quantitative estimate of drug-likeness (QED) is 0.311. The molecule has 7 nitrogen and oxygen atoms in total. The molecule has 3 aromatic rings. The molecule has 0 saturated heterocycles. The fraction of sp³-hybridized carbons (Fsp3) is 0.409. The van der Waals surface area contributed by atoms with E-state index in [1.165, 1.54) is 12.3 Å². The summed E-state index contributed by atoms with van der Waals surface area (Å²) in [5.41, 5.74) is 1.70. The van der Waals surface area contributed by atoms with Crippen molar-refractivity contribution in [1.82, 2.24) is 14.5 Å². The van der Waals surface area contributed by atoms with Crippen LogP contribution in [0.25, 0.3) is 11.0 Å². The lowest BCUT2D eigenvalue weighted by Crippen LogP contribution is -2.24. The first-order valence-corrected chi connectivity index (χ1v) is 10.8. The van der Waals surface area contributed by atoms with Crippen molar-refractivity contribution in [3.05, 3.63) is 47.8 Å². The number of hydrogen-bond acceptors (Lipinski definition) is 7. The maximum atomic E-state index is 12.5. The van der Waals surface area contributed by atoms with Crippen LogP contribution in [0.1, 0.15) is 32.0 Å². The molecule has 0 aliphatic heterocycles. The zero-order valence-electron chi connectivity index (χ0n) is 18.6. The van der Waals surface area contributed by atoms with E-state index in [0.29, 0.717) is 21.9 Å². The number of esters is 1. The van der Waals surface area contributed by atoms with Gasteiger partial charge in [0.05, 0.1) is 34.2 Å². The monoisotopic (exact) mass is 483 g/mol. The number of hydrogen-bond donors (Lipinski definition) is 0.